The number of furan rings is 1. The van der Waals surface area contributed by atoms with Crippen molar-refractivity contribution in [3.05, 3.63) is 93.1 Å². The first-order chi connectivity index (χ1) is 15.3. The first-order valence-corrected chi connectivity index (χ1v) is 11.1. The number of nitrogens with zero attached hydrogens (tertiary/aromatic N) is 2. The van der Waals surface area contributed by atoms with E-state index in [0.717, 1.165) is 4.70 Å². The van der Waals surface area contributed by atoms with E-state index in [2.05, 4.69) is 4.98 Å². The molecule has 1 N–H and O–H groups in total. The number of halogens is 2. The third-order valence-corrected chi connectivity index (χ3v) is 6.74. The number of thiazole rings is 1. The van der Waals surface area contributed by atoms with Gasteiger partial charge in [-0.15, -0.1) is 0 Å². The highest BCUT2D eigenvalue weighted by atomic mass is 35.5. The van der Waals surface area contributed by atoms with Crippen LogP contribution in [-0.4, -0.2) is 21.8 Å². The number of anilines is 1. The molecule has 6 nitrogen and oxygen atoms in total. The Morgan fingerprint density at radius 2 is 1.88 bits per heavy atom. The highest BCUT2D eigenvalue weighted by molar-refractivity contribution is 7.22. The summed E-state index contributed by atoms with van der Waals surface area (Å²) in [6, 6.07) is 14.3. The molecule has 4 aromatic rings. The van der Waals surface area contributed by atoms with Crippen molar-refractivity contribution in [3.8, 4) is 0 Å². The maximum Gasteiger partial charge on any atom is 0.296 e. The quantitative estimate of drug-likeness (QED) is 0.344. The van der Waals surface area contributed by atoms with Gasteiger partial charge in [-0.3, -0.25) is 14.5 Å². The Hall–Kier alpha value is -3.13. The molecule has 0 saturated heterocycles. The van der Waals surface area contributed by atoms with E-state index in [1.54, 1.807) is 49.4 Å². The summed E-state index contributed by atoms with van der Waals surface area (Å²) in [6.45, 7) is 1.71. The van der Waals surface area contributed by atoms with E-state index in [1.165, 1.54) is 22.3 Å². The fourth-order valence-corrected chi connectivity index (χ4v) is 5.11. The minimum absolute atomic E-state index is 0.0324. The molecule has 1 aliphatic rings. The summed E-state index contributed by atoms with van der Waals surface area (Å²) in [7, 11) is 0. The number of carbonyl (C=O) groups excluding carboxylic acids is 2. The number of fused-ring (bicyclic) bond motifs is 1. The van der Waals surface area contributed by atoms with Gasteiger partial charge in [0.15, 0.2) is 16.7 Å². The molecular formula is C23H14Cl2N2O4S. The van der Waals surface area contributed by atoms with Gasteiger partial charge in [0, 0.05) is 5.02 Å². The number of rotatable bonds is 4. The second-order valence-electron chi connectivity index (χ2n) is 7.21. The number of aliphatic hydroxyl groups excluding tert-OH is 1. The lowest BCUT2D eigenvalue weighted by atomic mass is 9.95. The van der Waals surface area contributed by atoms with Crippen molar-refractivity contribution in [2.45, 2.75) is 13.0 Å². The molecule has 0 radical (unpaired) electrons. The van der Waals surface area contributed by atoms with E-state index in [4.69, 9.17) is 27.6 Å². The molecule has 0 saturated carbocycles. The van der Waals surface area contributed by atoms with Crippen LogP contribution >= 0.6 is 34.5 Å². The lowest BCUT2D eigenvalue weighted by Gasteiger charge is -2.24. The summed E-state index contributed by atoms with van der Waals surface area (Å²) in [5.74, 6) is -1.38. The summed E-state index contributed by atoms with van der Waals surface area (Å²) in [5.41, 5.74) is 1.04. The van der Waals surface area contributed by atoms with E-state index in [-0.39, 0.29) is 11.3 Å². The molecule has 3 heterocycles. The van der Waals surface area contributed by atoms with E-state index in [0.29, 0.717) is 32.0 Å². The molecule has 0 spiro atoms. The largest absolute Gasteiger partial charge is 0.503 e. The number of aryl methyl sites for hydroxylation is 1. The molecule has 0 fully saturated rings. The van der Waals surface area contributed by atoms with Crippen LogP contribution in [0.1, 0.15) is 27.9 Å². The minimum atomic E-state index is -0.919. The third-order valence-electron chi connectivity index (χ3n) is 5.17. The first kappa shape index (κ1) is 20.8. The summed E-state index contributed by atoms with van der Waals surface area (Å²) < 4.78 is 6.25. The zero-order valence-corrected chi connectivity index (χ0v) is 18.8. The van der Waals surface area contributed by atoms with Crippen molar-refractivity contribution < 1.29 is 19.1 Å². The Balaban J connectivity index is 1.69. The Kier molecular flexibility index (Phi) is 5.04. The number of amides is 1. The molecule has 5 rings (SSSR count). The number of benzene rings is 2. The predicted octanol–water partition coefficient (Wildman–Crippen LogP) is 6.29. The fourth-order valence-electron chi connectivity index (χ4n) is 3.69. The molecule has 160 valence electrons. The van der Waals surface area contributed by atoms with Crippen molar-refractivity contribution in [1.29, 1.82) is 0 Å². The molecule has 0 aliphatic carbocycles. The fraction of sp³-hybridized carbons (Fsp3) is 0.0870. The molecule has 1 unspecified atom stereocenters. The zero-order chi connectivity index (χ0) is 22.6. The van der Waals surface area contributed by atoms with Crippen LogP contribution in [0, 0.1) is 6.92 Å². The van der Waals surface area contributed by atoms with E-state index in [1.807, 2.05) is 6.07 Å². The lowest BCUT2D eigenvalue weighted by molar-refractivity contribution is -0.117. The Labute approximate surface area is 196 Å². The number of para-hydroxylation sites is 1. The van der Waals surface area contributed by atoms with Gasteiger partial charge in [0.2, 0.25) is 5.78 Å². The van der Waals surface area contributed by atoms with E-state index in [9.17, 15) is 14.7 Å². The van der Waals surface area contributed by atoms with Crippen molar-refractivity contribution >= 4 is 61.6 Å². The Morgan fingerprint density at radius 3 is 2.53 bits per heavy atom. The maximum atomic E-state index is 13.3. The van der Waals surface area contributed by atoms with Crippen LogP contribution in [0.15, 0.2) is 70.3 Å². The van der Waals surface area contributed by atoms with Crippen molar-refractivity contribution in [2.75, 3.05) is 4.90 Å². The normalized spacial score (nSPS) is 16.4. The molecule has 32 heavy (non-hydrogen) atoms. The predicted molar refractivity (Wildman–Crippen MR) is 124 cm³/mol. The number of aromatic nitrogens is 1. The molecular weight excluding hydrogens is 471 g/mol. The van der Waals surface area contributed by atoms with Gasteiger partial charge in [-0.05, 0) is 48.9 Å². The van der Waals surface area contributed by atoms with Gasteiger partial charge in [-0.1, -0.05) is 52.7 Å². The second-order valence-corrected chi connectivity index (χ2v) is 9.07. The number of hydrogen-bond acceptors (Lipinski definition) is 6. The van der Waals surface area contributed by atoms with Crippen molar-refractivity contribution in [3.63, 3.8) is 0 Å². The van der Waals surface area contributed by atoms with Crippen molar-refractivity contribution in [2.24, 2.45) is 0 Å². The summed E-state index contributed by atoms with van der Waals surface area (Å²) in [4.78, 5) is 32.4. The van der Waals surface area contributed by atoms with Gasteiger partial charge in [0.1, 0.15) is 11.3 Å². The Bertz CT molecular complexity index is 1420. The van der Waals surface area contributed by atoms with Crippen LogP contribution in [-0.2, 0) is 4.79 Å². The number of Topliss-reactive ketones (excluding diaryl/α,β-unsaturated/α-hetero) is 1. The molecule has 9 heteroatoms. The van der Waals surface area contributed by atoms with Gasteiger partial charge in [-0.25, -0.2) is 4.98 Å². The summed E-state index contributed by atoms with van der Waals surface area (Å²) in [5, 5.41) is 12.0. The highest BCUT2D eigenvalue weighted by Crippen LogP contribution is 2.45. The Morgan fingerprint density at radius 1 is 1.12 bits per heavy atom. The van der Waals surface area contributed by atoms with Gasteiger partial charge >= 0.3 is 0 Å². The summed E-state index contributed by atoms with van der Waals surface area (Å²) >= 11 is 13.6. The minimum Gasteiger partial charge on any atom is -0.503 e. The van der Waals surface area contributed by atoms with Gasteiger partial charge in [0.05, 0.1) is 21.3 Å². The van der Waals surface area contributed by atoms with Crippen LogP contribution in [0.3, 0.4) is 0 Å². The van der Waals surface area contributed by atoms with Gasteiger partial charge < -0.3 is 9.52 Å². The molecule has 1 atom stereocenters. The number of ketones is 1. The standard InChI is InChI=1S/C23H14Cl2N2O4S/c1-11-5-10-15(31-11)20(28)17-19(12-6-8-13(24)9-7-12)27(22(30)21(17)29)23-26-18-14(25)3-2-4-16(18)32-23/h2-10,19,29H,1H3. The lowest BCUT2D eigenvalue weighted by Crippen LogP contribution is -2.30. The third kappa shape index (κ3) is 3.30. The van der Waals surface area contributed by atoms with Gasteiger partial charge in [-0.2, -0.15) is 0 Å². The second kappa shape index (κ2) is 7.78. The SMILES string of the molecule is Cc1ccc(C(=O)C2=C(O)C(=O)N(c3nc4c(Cl)cccc4s3)C2c2ccc(Cl)cc2)o1. The van der Waals surface area contributed by atoms with E-state index < -0.39 is 23.5 Å². The first-order valence-electron chi connectivity index (χ1n) is 9.53. The van der Waals surface area contributed by atoms with E-state index >= 15 is 0 Å². The number of hydrogen-bond donors (Lipinski definition) is 1. The molecule has 1 aliphatic heterocycles. The van der Waals surface area contributed by atoms with Crippen LogP contribution in [0.2, 0.25) is 10.0 Å². The zero-order valence-electron chi connectivity index (χ0n) is 16.5. The number of carbonyl (C=O) groups is 2. The molecule has 1 amide bonds. The number of aliphatic hydroxyl groups is 1. The van der Waals surface area contributed by atoms with Gasteiger partial charge in [0.25, 0.3) is 5.91 Å². The van der Waals surface area contributed by atoms with Crippen molar-refractivity contribution in [1.82, 2.24) is 4.98 Å². The topological polar surface area (TPSA) is 83.6 Å². The highest BCUT2D eigenvalue weighted by Gasteiger charge is 2.46. The molecule has 2 aromatic carbocycles. The van der Waals surface area contributed by atoms with Crippen LogP contribution < -0.4 is 4.90 Å². The monoisotopic (exact) mass is 484 g/mol. The van der Waals surface area contributed by atoms with Crippen LogP contribution in [0.25, 0.3) is 10.2 Å². The van der Waals surface area contributed by atoms with Crippen LogP contribution in [0.5, 0.6) is 0 Å². The average Bonchev–Trinajstić information content (AvgIpc) is 3.46. The maximum absolute atomic E-state index is 13.3. The molecule has 0 bridgehead atoms. The summed E-state index contributed by atoms with van der Waals surface area (Å²) in [6.07, 6.45) is 0. The average molecular weight is 485 g/mol. The van der Waals surface area contributed by atoms with Crippen LogP contribution in [0.4, 0.5) is 5.13 Å². The smallest absolute Gasteiger partial charge is 0.296 e. The molecule has 2 aromatic heterocycles.